The van der Waals surface area contributed by atoms with Gasteiger partial charge in [0.2, 0.25) is 5.91 Å². The predicted octanol–water partition coefficient (Wildman–Crippen LogP) is 3.94. The van der Waals surface area contributed by atoms with E-state index in [1.165, 1.54) is 5.56 Å². The monoisotopic (exact) mass is 279 g/mol. The molecule has 0 atom stereocenters. The van der Waals surface area contributed by atoms with E-state index in [0.717, 1.165) is 18.0 Å². The number of amides is 1. The van der Waals surface area contributed by atoms with E-state index in [-0.39, 0.29) is 11.3 Å². The van der Waals surface area contributed by atoms with Gasteiger partial charge in [0.05, 0.1) is 5.75 Å². The van der Waals surface area contributed by atoms with Crippen LogP contribution < -0.4 is 0 Å². The van der Waals surface area contributed by atoms with Crippen molar-refractivity contribution in [3.05, 3.63) is 29.8 Å². The van der Waals surface area contributed by atoms with Gasteiger partial charge in [-0.25, -0.2) is 0 Å². The second kappa shape index (κ2) is 6.99. The Kier molecular flexibility index (Phi) is 5.92. The molecule has 0 radical (unpaired) electrons. The molecule has 0 fully saturated rings. The van der Waals surface area contributed by atoms with Gasteiger partial charge < -0.3 is 4.90 Å². The average Bonchev–Trinajstić information content (AvgIpc) is 2.37. The minimum Gasteiger partial charge on any atom is -0.343 e. The summed E-state index contributed by atoms with van der Waals surface area (Å²) < 4.78 is 0. The van der Waals surface area contributed by atoms with Crippen LogP contribution in [-0.2, 0) is 10.2 Å². The lowest BCUT2D eigenvalue weighted by Gasteiger charge is -2.20. The molecule has 0 aliphatic carbocycles. The first-order valence-electron chi connectivity index (χ1n) is 6.89. The lowest BCUT2D eigenvalue weighted by Crippen LogP contribution is -2.31. The van der Waals surface area contributed by atoms with Gasteiger partial charge in [0.25, 0.3) is 0 Å². The fraction of sp³-hybridized carbons (Fsp3) is 0.562. The number of carbonyl (C=O) groups excluding carboxylic acids is 1. The summed E-state index contributed by atoms with van der Waals surface area (Å²) in [6.07, 6.45) is 0. The molecule has 1 aromatic carbocycles. The molecular weight excluding hydrogens is 254 g/mol. The Morgan fingerprint density at radius 1 is 1.11 bits per heavy atom. The Morgan fingerprint density at radius 2 is 1.63 bits per heavy atom. The molecule has 0 aliphatic heterocycles. The molecule has 0 bridgehead atoms. The zero-order valence-corrected chi connectivity index (χ0v) is 13.5. The summed E-state index contributed by atoms with van der Waals surface area (Å²) in [6.45, 7) is 12.2. The molecule has 2 nitrogen and oxygen atoms in total. The van der Waals surface area contributed by atoms with Crippen molar-refractivity contribution < 1.29 is 4.79 Å². The third-order valence-corrected chi connectivity index (χ3v) is 4.20. The van der Waals surface area contributed by atoms with Gasteiger partial charge in [-0.15, -0.1) is 11.8 Å². The topological polar surface area (TPSA) is 20.3 Å². The highest BCUT2D eigenvalue weighted by atomic mass is 32.2. The summed E-state index contributed by atoms with van der Waals surface area (Å²) in [4.78, 5) is 14.9. The van der Waals surface area contributed by atoms with E-state index in [1.807, 2.05) is 18.7 Å². The molecule has 0 N–H and O–H groups in total. The molecule has 0 heterocycles. The standard InChI is InChI=1S/C16H25NOS/c1-6-17(7-2)15(18)12-19-14-10-8-13(9-11-14)16(3,4)5/h8-11H,6-7,12H2,1-5H3. The maximum Gasteiger partial charge on any atom is 0.232 e. The average molecular weight is 279 g/mol. The SMILES string of the molecule is CCN(CC)C(=O)CSc1ccc(C(C)(C)C)cc1. The summed E-state index contributed by atoms with van der Waals surface area (Å²) in [5.74, 6) is 0.742. The Balaban J connectivity index is 2.57. The molecule has 1 aromatic rings. The third kappa shape index (κ3) is 4.90. The highest BCUT2D eigenvalue weighted by Crippen LogP contribution is 2.25. The Bertz CT molecular complexity index is 402. The minimum absolute atomic E-state index is 0.181. The van der Waals surface area contributed by atoms with Gasteiger partial charge >= 0.3 is 0 Å². The molecule has 106 valence electrons. The number of hydrogen-bond acceptors (Lipinski definition) is 2. The van der Waals surface area contributed by atoms with Crippen LogP contribution in [0.4, 0.5) is 0 Å². The van der Waals surface area contributed by atoms with Crippen molar-refractivity contribution in [3.63, 3.8) is 0 Å². The summed E-state index contributed by atoms with van der Waals surface area (Å²) in [6, 6.07) is 8.54. The molecule has 3 heteroatoms. The van der Waals surface area contributed by atoms with Crippen LogP contribution in [0.2, 0.25) is 0 Å². The zero-order chi connectivity index (χ0) is 14.5. The molecule has 0 saturated heterocycles. The van der Waals surface area contributed by atoms with Crippen LogP contribution in [0.1, 0.15) is 40.2 Å². The summed E-state index contributed by atoms with van der Waals surface area (Å²) in [7, 11) is 0. The van der Waals surface area contributed by atoms with E-state index >= 15 is 0 Å². The van der Waals surface area contributed by atoms with E-state index < -0.39 is 0 Å². The van der Waals surface area contributed by atoms with Gasteiger partial charge in [0.1, 0.15) is 0 Å². The van der Waals surface area contributed by atoms with Crippen molar-refractivity contribution in [1.82, 2.24) is 4.90 Å². The van der Waals surface area contributed by atoms with Crippen molar-refractivity contribution in [2.24, 2.45) is 0 Å². The number of rotatable bonds is 5. The van der Waals surface area contributed by atoms with Crippen molar-refractivity contribution >= 4 is 17.7 Å². The van der Waals surface area contributed by atoms with Crippen LogP contribution in [0.25, 0.3) is 0 Å². The molecule has 0 aliphatic rings. The maximum atomic E-state index is 11.9. The Labute approximate surface area is 121 Å². The van der Waals surface area contributed by atoms with Gasteiger partial charge in [-0.1, -0.05) is 32.9 Å². The molecule has 0 aromatic heterocycles. The lowest BCUT2D eigenvalue weighted by molar-refractivity contribution is -0.127. The van der Waals surface area contributed by atoms with Gasteiger partial charge in [-0.2, -0.15) is 0 Å². The number of thioether (sulfide) groups is 1. The van der Waals surface area contributed by atoms with Crippen LogP contribution in [0.3, 0.4) is 0 Å². The minimum atomic E-state index is 0.181. The Hall–Kier alpha value is -0.960. The second-order valence-corrected chi connectivity index (χ2v) is 6.68. The number of nitrogens with zero attached hydrogens (tertiary/aromatic N) is 1. The molecular formula is C16H25NOS. The van der Waals surface area contributed by atoms with Gasteiger partial charge in [-0.05, 0) is 37.0 Å². The van der Waals surface area contributed by atoms with Crippen molar-refractivity contribution in [3.8, 4) is 0 Å². The predicted molar refractivity (Wildman–Crippen MR) is 83.8 cm³/mol. The molecule has 1 amide bonds. The number of carbonyl (C=O) groups is 1. The first-order valence-corrected chi connectivity index (χ1v) is 7.88. The largest absolute Gasteiger partial charge is 0.343 e. The summed E-state index contributed by atoms with van der Waals surface area (Å²) >= 11 is 1.62. The quantitative estimate of drug-likeness (QED) is 0.761. The maximum absolute atomic E-state index is 11.9. The molecule has 0 spiro atoms. The molecule has 19 heavy (non-hydrogen) atoms. The summed E-state index contributed by atoms with van der Waals surface area (Å²) in [5.41, 5.74) is 1.51. The van der Waals surface area contributed by atoms with Gasteiger partial charge in [0, 0.05) is 18.0 Å². The zero-order valence-electron chi connectivity index (χ0n) is 12.7. The van der Waals surface area contributed by atoms with Gasteiger partial charge in [-0.3, -0.25) is 4.79 Å². The number of hydrogen-bond donors (Lipinski definition) is 0. The smallest absolute Gasteiger partial charge is 0.232 e. The van der Waals surface area contributed by atoms with Crippen LogP contribution in [0, 0.1) is 0 Å². The van der Waals surface area contributed by atoms with Crippen LogP contribution >= 0.6 is 11.8 Å². The van der Waals surface area contributed by atoms with E-state index in [9.17, 15) is 4.79 Å². The van der Waals surface area contributed by atoms with Crippen molar-refractivity contribution in [2.45, 2.75) is 44.9 Å². The van der Waals surface area contributed by atoms with E-state index in [2.05, 4.69) is 45.0 Å². The Morgan fingerprint density at radius 3 is 2.05 bits per heavy atom. The van der Waals surface area contributed by atoms with Crippen LogP contribution in [-0.4, -0.2) is 29.6 Å². The first kappa shape index (κ1) is 16.1. The highest BCUT2D eigenvalue weighted by molar-refractivity contribution is 8.00. The fourth-order valence-electron chi connectivity index (χ4n) is 1.86. The lowest BCUT2D eigenvalue weighted by atomic mass is 9.87. The van der Waals surface area contributed by atoms with E-state index in [0.29, 0.717) is 5.75 Å². The fourth-order valence-corrected chi connectivity index (χ4v) is 2.67. The van der Waals surface area contributed by atoms with Crippen molar-refractivity contribution in [1.29, 1.82) is 0 Å². The van der Waals surface area contributed by atoms with Crippen LogP contribution in [0.15, 0.2) is 29.2 Å². The normalized spacial score (nSPS) is 11.4. The summed E-state index contributed by atoms with van der Waals surface area (Å²) in [5, 5.41) is 0. The molecule has 0 unspecified atom stereocenters. The van der Waals surface area contributed by atoms with E-state index in [4.69, 9.17) is 0 Å². The second-order valence-electron chi connectivity index (χ2n) is 5.63. The molecule has 1 rings (SSSR count). The molecule has 0 saturated carbocycles. The number of benzene rings is 1. The third-order valence-electron chi connectivity index (χ3n) is 3.20. The highest BCUT2D eigenvalue weighted by Gasteiger charge is 2.13. The van der Waals surface area contributed by atoms with Crippen LogP contribution in [0.5, 0.6) is 0 Å². The first-order chi connectivity index (χ1) is 8.88. The van der Waals surface area contributed by atoms with Gasteiger partial charge in [0.15, 0.2) is 0 Å². The van der Waals surface area contributed by atoms with E-state index in [1.54, 1.807) is 11.8 Å². The van der Waals surface area contributed by atoms with Crippen molar-refractivity contribution in [2.75, 3.05) is 18.8 Å².